The van der Waals surface area contributed by atoms with E-state index in [0.717, 1.165) is 42.0 Å². The molecule has 0 saturated heterocycles. The number of carbonyl (C=O) groups is 1. The minimum atomic E-state index is -4.99. The molecule has 1 aliphatic carbocycles. The van der Waals surface area contributed by atoms with Crippen LogP contribution >= 0.6 is 0 Å². The number of carbonyl (C=O) groups excluding carboxylic acids is 1. The molecule has 7 heteroatoms. The maximum absolute atomic E-state index is 13.3. The molecule has 2 aliphatic rings. The monoisotopic (exact) mass is 446 g/mol. The summed E-state index contributed by atoms with van der Waals surface area (Å²) in [5, 5.41) is 0. The lowest BCUT2D eigenvalue weighted by molar-refractivity contribution is -0.170. The van der Waals surface area contributed by atoms with Crippen molar-refractivity contribution in [1.29, 1.82) is 0 Å². The summed E-state index contributed by atoms with van der Waals surface area (Å²) < 4.78 is 53.3. The predicted octanol–water partition coefficient (Wildman–Crippen LogP) is 5.39. The van der Waals surface area contributed by atoms with Gasteiger partial charge in [-0.05, 0) is 66.6 Å². The molecule has 1 aliphatic heterocycles. The molecule has 2 aromatic carbocycles. The maximum Gasteiger partial charge on any atom is 0.471 e. The fourth-order valence-electron chi connectivity index (χ4n) is 4.38. The van der Waals surface area contributed by atoms with Crippen LogP contribution in [0.15, 0.2) is 48.5 Å². The van der Waals surface area contributed by atoms with E-state index in [2.05, 4.69) is 4.90 Å². The highest BCUT2D eigenvalue weighted by Gasteiger charge is 2.43. The van der Waals surface area contributed by atoms with Crippen molar-refractivity contribution < 1.29 is 22.4 Å². The maximum atomic E-state index is 13.3. The first-order chi connectivity index (χ1) is 15.3. The van der Waals surface area contributed by atoms with E-state index in [1.165, 1.54) is 49.6 Å². The molecule has 1 amide bonds. The van der Waals surface area contributed by atoms with E-state index in [9.17, 15) is 22.4 Å². The lowest BCUT2D eigenvalue weighted by atomic mass is 9.91. The summed E-state index contributed by atoms with van der Waals surface area (Å²) in [6.07, 6.45) is 3.28. The van der Waals surface area contributed by atoms with Gasteiger partial charge in [0.15, 0.2) is 0 Å². The van der Waals surface area contributed by atoms with Gasteiger partial charge in [-0.3, -0.25) is 9.69 Å². The Morgan fingerprint density at radius 3 is 2.47 bits per heavy atom. The minimum Gasteiger partial charge on any atom is -0.301 e. The van der Waals surface area contributed by atoms with Gasteiger partial charge >= 0.3 is 12.1 Å². The average molecular weight is 446 g/mol. The molecular formula is C25H26F4N2O. The molecule has 1 fully saturated rings. The topological polar surface area (TPSA) is 23.6 Å². The van der Waals surface area contributed by atoms with Crippen molar-refractivity contribution >= 4 is 17.7 Å². The fraction of sp³-hybridized carbons (Fsp3) is 0.400. The number of alkyl halides is 3. The van der Waals surface area contributed by atoms with Crippen molar-refractivity contribution in [3.63, 3.8) is 0 Å². The highest BCUT2D eigenvalue weighted by atomic mass is 19.4. The van der Waals surface area contributed by atoms with Crippen LogP contribution in [-0.4, -0.2) is 42.7 Å². The predicted molar refractivity (Wildman–Crippen MR) is 117 cm³/mol. The Morgan fingerprint density at radius 2 is 1.81 bits per heavy atom. The van der Waals surface area contributed by atoms with Crippen LogP contribution in [-0.2, 0) is 17.6 Å². The molecule has 170 valence electrons. The van der Waals surface area contributed by atoms with Crippen LogP contribution in [0.3, 0.4) is 0 Å². The van der Waals surface area contributed by atoms with Crippen LogP contribution in [0.2, 0.25) is 0 Å². The van der Waals surface area contributed by atoms with Crippen LogP contribution in [0.5, 0.6) is 0 Å². The first-order valence-electron chi connectivity index (χ1n) is 11.0. The van der Waals surface area contributed by atoms with E-state index in [4.69, 9.17) is 0 Å². The quantitative estimate of drug-likeness (QED) is 0.575. The molecule has 0 atom stereocenters. The Labute approximate surface area is 185 Å². The minimum absolute atomic E-state index is 0.229. The normalized spacial score (nSPS) is 17.6. The van der Waals surface area contributed by atoms with Crippen LogP contribution in [0.4, 0.5) is 23.2 Å². The Morgan fingerprint density at radius 1 is 1.06 bits per heavy atom. The first kappa shape index (κ1) is 22.5. The van der Waals surface area contributed by atoms with Gasteiger partial charge in [0.2, 0.25) is 0 Å². The zero-order valence-corrected chi connectivity index (χ0v) is 17.7. The molecule has 1 saturated carbocycles. The molecule has 0 aromatic heterocycles. The number of fused-ring (bicyclic) bond motifs is 1. The second-order valence-corrected chi connectivity index (χ2v) is 8.44. The Kier molecular flexibility index (Phi) is 6.65. The lowest BCUT2D eigenvalue weighted by Crippen LogP contribution is -2.41. The summed E-state index contributed by atoms with van der Waals surface area (Å²) in [7, 11) is 0. The van der Waals surface area contributed by atoms with E-state index < -0.39 is 17.9 Å². The van der Waals surface area contributed by atoms with E-state index in [1.807, 2.05) is 6.07 Å². The zero-order valence-electron chi connectivity index (χ0n) is 17.7. The number of benzene rings is 2. The number of nitrogens with zero attached hydrogens (tertiary/aromatic N) is 2. The van der Waals surface area contributed by atoms with E-state index in [-0.39, 0.29) is 12.2 Å². The molecule has 1 heterocycles. The first-order valence-corrected chi connectivity index (χ1v) is 11.0. The van der Waals surface area contributed by atoms with Crippen molar-refractivity contribution in [2.75, 3.05) is 24.5 Å². The summed E-state index contributed by atoms with van der Waals surface area (Å²) in [4.78, 5) is 15.4. The van der Waals surface area contributed by atoms with Crippen molar-refractivity contribution in [2.24, 2.45) is 0 Å². The van der Waals surface area contributed by atoms with Crippen LogP contribution in [0.25, 0.3) is 6.08 Å². The number of anilines is 1. The van der Waals surface area contributed by atoms with Gasteiger partial charge in [-0.1, -0.05) is 36.8 Å². The number of hydrogen-bond donors (Lipinski definition) is 0. The largest absolute Gasteiger partial charge is 0.471 e. The van der Waals surface area contributed by atoms with Gasteiger partial charge in [0.05, 0.1) is 0 Å². The number of halogens is 4. The molecule has 0 bridgehead atoms. The van der Waals surface area contributed by atoms with Gasteiger partial charge in [-0.2, -0.15) is 13.2 Å². The fourth-order valence-corrected chi connectivity index (χ4v) is 4.38. The smallest absolute Gasteiger partial charge is 0.301 e. The molecule has 32 heavy (non-hydrogen) atoms. The molecule has 3 nitrogen and oxygen atoms in total. The van der Waals surface area contributed by atoms with Gasteiger partial charge in [-0.25, -0.2) is 4.39 Å². The Bertz CT molecular complexity index is 998. The Hall–Kier alpha value is -2.67. The van der Waals surface area contributed by atoms with Gasteiger partial charge < -0.3 is 4.90 Å². The molecule has 4 rings (SSSR count). The third-order valence-electron chi connectivity index (χ3n) is 6.36. The zero-order chi connectivity index (χ0) is 22.7. The Balaban J connectivity index is 1.55. The highest BCUT2D eigenvalue weighted by Crippen LogP contribution is 2.30. The third-order valence-corrected chi connectivity index (χ3v) is 6.36. The van der Waals surface area contributed by atoms with Gasteiger partial charge in [0.25, 0.3) is 0 Å². The highest BCUT2D eigenvalue weighted by molar-refractivity contribution is 5.97. The summed E-state index contributed by atoms with van der Waals surface area (Å²) in [5.41, 5.74) is 2.87. The molecule has 0 N–H and O–H groups in total. The summed E-state index contributed by atoms with van der Waals surface area (Å²) in [6, 6.07) is 11.5. The number of rotatable bonds is 5. The van der Waals surface area contributed by atoms with Crippen molar-refractivity contribution in [3.8, 4) is 0 Å². The summed E-state index contributed by atoms with van der Waals surface area (Å²) >= 11 is 0. The molecule has 0 radical (unpaired) electrons. The molecule has 0 unspecified atom stereocenters. The second-order valence-electron chi connectivity index (χ2n) is 8.44. The third kappa shape index (κ3) is 5.21. The van der Waals surface area contributed by atoms with Crippen molar-refractivity contribution in [3.05, 3.63) is 71.0 Å². The number of hydrogen-bond acceptors (Lipinski definition) is 2. The SMILES string of the molecule is O=C(N(C/C=C/c1cccc(F)c1)c1ccc2c(c1)CCN(C1CCC1)CC2)C(F)(F)F. The second kappa shape index (κ2) is 9.45. The van der Waals surface area contributed by atoms with E-state index in [0.29, 0.717) is 11.6 Å². The standard InChI is InChI=1S/C25H26F4N2O/c26-21-6-1-4-18(16-21)5-3-13-31(24(32)25(27,28)29)23-10-9-19-11-14-30(22-7-2-8-22)15-12-20(19)17-23/h1,3-6,9-10,16-17,22H,2,7-8,11-15H2/b5-3+. The molecular weight excluding hydrogens is 420 g/mol. The molecule has 2 aromatic rings. The summed E-state index contributed by atoms with van der Waals surface area (Å²) in [5.74, 6) is -2.34. The van der Waals surface area contributed by atoms with Crippen molar-refractivity contribution in [1.82, 2.24) is 4.90 Å². The average Bonchev–Trinajstić information content (AvgIpc) is 2.91. The van der Waals surface area contributed by atoms with Crippen LogP contribution in [0, 0.1) is 5.82 Å². The van der Waals surface area contributed by atoms with E-state index >= 15 is 0 Å². The van der Waals surface area contributed by atoms with E-state index in [1.54, 1.807) is 18.2 Å². The lowest BCUT2D eigenvalue weighted by Gasteiger charge is -2.36. The van der Waals surface area contributed by atoms with Crippen molar-refractivity contribution in [2.45, 2.75) is 44.3 Å². The molecule has 0 spiro atoms. The number of amides is 1. The van der Waals surface area contributed by atoms with Crippen LogP contribution in [0.1, 0.15) is 36.0 Å². The summed E-state index contributed by atoms with van der Waals surface area (Å²) in [6.45, 7) is 1.58. The van der Waals surface area contributed by atoms with Gasteiger partial charge in [-0.15, -0.1) is 0 Å². The van der Waals surface area contributed by atoms with Gasteiger partial charge in [0.1, 0.15) is 5.82 Å². The van der Waals surface area contributed by atoms with Crippen LogP contribution < -0.4 is 4.90 Å². The van der Waals surface area contributed by atoms with Gasteiger partial charge in [0, 0.05) is 31.4 Å².